The van der Waals surface area contributed by atoms with Crippen LogP contribution < -0.4 is 4.72 Å². The van der Waals surface area contributed by atoms with E-state index in [4.69, 9.17) is 4.74 Å². The molecule has 0 aromatic heterocycles. The molecule has 0 aliphatic rings. The molecule has 25 heavy (non-hydrogen) atoms. The van der Waals surface area contributed by atoms with Crippen LogP contribution >= 0.6 is 0 Å². The molecule has 2 aromatic carbocycles. The Hall–Kier alpha value is -2.55. The Bertz CT molecular complexity index is 879. The third kappa shape index (κ3) is 4.50. The van der Waals surface area contributed by atoms with E-state index in [-0.39, 0.29) is 17.9 Å². The number of hydrogen-bond acceptors (Lipinski definition) is 4. The Morgan fingerprint density at radius 2 is 1.68 bits per heavy atom. The summed E-state index contributed by atoms with van der Waals surface area (Å²) in [6.45, 7) is 1.87. The van der Waals surface area contributed by atoms with Crippen molar-refractivity contribution in [1.29, 1.82) is 0 Å². The van der Waals surface area contributed by atoms with Crippen LogP contribution in [0.15, 0.2) is 48.5 Å². The van der Waals surface area contributed by atoms with Crippen molar-refractivity contribution in [2.75, 3.05) is 11.3 Å². The van der Waals surface area contributed by atoms with E-state index in [0.717, 1.165) is 0 Å². The van der Waals surface area contributed by atoms with Crippen LogP contribution in [-0.4, -0.2) is 26.5 Å². The molecule has 0 saturated heterocycles. The molecule has 0 fully saturated rings. The van der Waals surface area contributed by atoms with Gasteiger partial charge >= 0.3 is 21.5 Å². The second-order valence-electron chi connectivity index (χ2n) is 4.93. The zero-order chi connectivity index (χ0) is 18.7. The molecule has 0 unspecified atom stereocenters. The number of anilines is 1. The van der Waals surface area contributed by atoms with E-state index in [1.54, 1.807) is 25.1 Å². The lowest BCUT2D eigenvalue weighted by molar-refractivity contribution is -0.0429. The number of ether oxygens (including phenoxy) is 1. The zero-order valence-electron chi connectivity index (χ0n) is 13.0. The molecule has 0 aliphatic heterocycles. The summed E-state index contributed by atoms with van der Waals surface area (Å²) in [4.78, 5) is 11.8. The fourth-order valence-electron chi connectivity index (χ4n) is 2.02. The van der Waals surface area contributed by atoms with Gasteiger partial charge in [-0.05, 0) is 42.3 Å². The zero-order valence-corrected chi connectivity index (χ0v) is 13.8. The number of alkyl halides is 3. The number of sulfonamides is 1. The van der Waals surface area contributed by atoms with E-state index in [9.17, 15) is 26.4 Å². The number of benzene rings is 2. The number of halogens is 3. The van der Waals surface area contributed by atoms with E-state index in [1.165, 1.54) is 35.1 Å². The fourth-order valence-corrected chi connectivity index (χ4v) is 2.57. The van der Waals surface area contributed by atoms with Crippen LogP contribution in [0.4, 0.5) is 18.9 Å². The molecule has 0 spiro atoms. The van der Waals surface area contributed by atoms with Crippen molar-refractivity contribution in [2.45, 2.75) is 12.4 Å². The Morgan fingerprint density at radius 3 is 2.28 bits per heavy atom. The third-order valence-electron chi connectivity index (χ3n) is 3.13. The quantitative estimate of drug-likeness (QED) is 0.810. The molecule has 0 aliphatic carbocycles. The monoisotopic (exact) mass is 373 g/mol. The molecular weight excluding hydrogens is 359 g/mol. The molecule has 0 atom stereocenters. The lowest BCUT2D eigenvalue weighted by atomic mass is 10.0. The molecule has 134 valence electrons. The third-order valence-corrected chi connectivity index (χ3v) is 4.24. The summed E-state index contributed by atoms with van der Waals surface area (Å²) < 4.78 is 66.1. The number of carbonyl (C=O) groups excluding carboxylic acids is 1. The number of rotatable bonds is 5. The second kappa shape index (κ2) is 7.14. The van der Waals surface area contributed by atoms with E-state index >= 15 is 0 Å². The topological polar surface area (TPSA) is 72.5 Å². The van der Waals surface area contributed by atoms with E-state index < -0.39 is 21.5 Å². The first-order valence-electron chi connectivity index (χ1n) is 7.11. The molecule has 5 nitrogen and oxygen atoms in total. The van der Waals surface area contributed by atoms with Crippen LogP contribution in [0.25, 0.3) is 11.1 Å². The lowest BCUT2D eigenvalue weighted by Crippen LogP contribution is -2.29. The van der Waals surface area contributed by atoms with Gasteiger partial charge in [0.15, 0.2) is 0 Å². The van der Waals surface area contributed by atoms with Crippen molar-refractivity contribution in [3.05, 3.63) is 54.1 Å². The predicted octanol–water partition coefficient (Wildman–Crippen LogP) is 3.79. The summed E-state index contributed by atoms with van der Waals surface area (Å²) in [6, 6.07) is 11.7. The number of carbonyl (C=O) groups is 1. The van der Waals surface area contributed by atoms with Crippen LogP contribution in [0.5, 0.6) is 0 Å². The molecular formula is C16H14F3NO4S. The van der Waals surface area contributed by atoms with Crippen LogP contribution in [0.1, 0.15) is 17.3 Å². The Labute approximate surface area is 142 Å². The SMILES string of the molecule is CCOC(=O)c1cccc(-c2cccc(NS(=O)(=O)C(F)(F)F)c2)c1. The Morgan fingerprint density at radius 1 is 1.08 bits per heavy atom. The van der Waals surface area contributed by atoms with Crippen molar-refractivity contribution in [2.24, 2.45) is 0 Å². The molecule has 9 heteroatoms. The van der Waals surface area contributed by atoms with E-state index in [0.29, 0.717) is 11.1 Å². The van der Waals surface area contributed by atoms with Gasteiger partial charge in [0.05, 0.1) is 12.2 Å². The first-order valence-corrected chi connectivity index (χ1v) is 8.59. The largest absolute Gasteiger partial charge is 0.516 e. The van der Waals surface area contributed by atoms with Gasteiger partial charge in [-0.1, -0.05) is 24.3 Å². The minimum absolute atomic E-state index is 0.206. The number of hydrogen-bond donors (Lipinski definition) is 1. The van der Waals surface area contributed by atoms with Gasteiger partial charge in [-0.3, -0.25) is 4.72 Å². The van der Waals surface area contributed by atoms with Crippen molar-refractivity contribution in [3.8, 4) is 11.1 Å². The molecule has 0 heterocycles. The lowest BCUT2D eigenvalue weighted by Gasteiger charge is -2.12. The minimum Gasteiger partial charge on any atom is -0.462 e. The van der Waals surface area contributed by atoms with Crippen LogP contribution in [-0.2, 0) is 14.8 Å². The first-order chi connectivity index (χ1) is 11.6. The molecule has 2 aromatic rings. The van der Waals surface area contributed by atoms with Gasteiger partial charge in [-0.15, -0.1) is 0 Å². The van der Waals surface area contributed by atoms with Gasteiger partial charge in [0.1, 0.15) is 0 Å². The minimum atomic E-state index is -5.50. The highest BCUT2D eigenvalue weighted by atomic mass is 32.2. The molecule has 0 amide bonds. The molecule has 0 radical (unpaired) electrons. The summed E-state index contributed by atoms with van der Waals surface area (Å²) in [5, 5.41) is 0. The van der Waals surface area contributed by atoms with Crippen molar-refractivity contribution < 1.29 is 31.1 Å². The maximum atomic E-state index is 12.5. The Balaban J connectivity index is 2.34. The van der Waals surface area contributed by atoms with Gasteiger partial charge in [0, 0.05) is 5.69 Å². The van der Waals surface area contributed by atoms with Crippen LogP contribution in [0, 0.1) is 0 Å². The van der Waals surface area contributed by atoms with Crippen LogP contribution in [0.2, 0.25) is 0 Å². The van der Waals surface area contributed by atoms with Gasteiger partial charge in [-0.25, -0.2) is 4.79 Å². The van der Waals surface area contributed by atoms with Crippen molar-refractivity contribution in [1.82, 2.24) is 0 Å². The summed E-state index contributed by atoms with van der Waals surface area (Å²) in [7, 11) is -5.50. The Kier molecular flexibility index (Phi) is 5.36. The summed E-state index contributed by atoms with van der Waals surface area (Å²) in [6.07, 6.45) is 0. The maximum Gasteiger partial charge on any atom is 0.516 e. The van der Waals surface area contributed by atoms with Crippen molar-refractivity contribution >= 4 is 21.7 Å². The van der Waals surface area contributed by atoms with Crippen LogP contribution in [0.3, 0.4) is 0 Å². The average Bonchev–Trinajstić information content (AvgIpc) is 2.54. The summed E-state index contributed by atoms with van der Waals surface area (Å²) >= 11 is 0. The smallest absolute Gasteiger partial charge is 0.462 e. The first kappa shape index (κ1) is 18.8. The fraction of sp³-hybridized carbons (Fsp3) is 0.188. The molecule has 1 N–H and O–H groups in total. The van der Waals surface area contributed by atoms with E-state index in [2.05, 4.69) is 0 Å². The standard InChI is InChI=1S/C16H14F3NO4S/c1-2-24-15(21)13-7-3-5-11(9-13)12-6-4-8-14(10-12)20-25(22,23)16(17,18)19/h3-10,20H,2H2,1H3. The van der Waals surface area contributed by atoms with Crippen molar-refractivity contribution in [3.63, 3.8) is 0 Å². The number of nitrogens with one attached hydrogen (secondary N) is 1. The molecule has 2 rings (SSSR count). The van der Waals surface area contributed by atoms with Gasteiger partial charge < -0.3 is 4.74 Å². The van der Waals surface area contributed by atoms with Gasteiger partial charge in [0.2, 0.25) is 0 Å². The van der Waals surface area contributed by atoms with E-state index in [1.807, 2.05) is 0 Å². The summed E-state index contributed by atoms with van der Waals surface area (Å²) in [5.41, 5.74) is -4.41. The molecule has 0 saturated carbocycles. The normalized spacial score (nSPS) is 11.8. The summed E-state index contributed by atoms with van der Waals surface area (Å²) in [5.74, 6) is -0.529. The average molecular weight is 373 g/mol. The highest BCUT2D eigenvalue weighted by Crippen LogP contribution is 2.28. The number of esters is 1. The highest BCUT2D eigenvalue weighted by molar-refractivity contribution is 7.93. The van der Waals surface area contributed by atoms with Gasteiger partial charge in [0.25, 0.3) is 0 Å². The van der Waals surface area contributed by atoms with Gasteiger partial charge in [-0.2, -0.15) is 21.6 Å². The highest BCUT2D eigenvalue weighted by Gasteiger charge is 2.46. The molecule has 0 bridgehead atoms. The second-order valence-corrected chi connectivity index (χ2v) is 6.61. The predicted molar refractivity (Wildman–Crippen MR) is 86.4 cm³/mol. The maximum absolute atomic E-state index is 12.5.